The zero-order chi connectivity index (χ0) is 26.8. The molecule has 0 bridgehead atoms. The monoisotopic (exact) mass is 509 g/mol. The van der Waals surface area contributed by atoms with Crippen LogP contribution in [-0.4, -0.2) is 50.7 Å². The molecule has 38 heavy (non-hydrogen) atoms. The normalized spacial score (nSPS) is 18.8. The summed E-state index contributed by atoms with van der Waals surface area (Å²) in [6.45, 7) is 2.23. The molecule has 3 heterocycles. The Morgan fingerprint density at radius 1 is 1.16 bits per heavy atom. The first-order chi connectivity index (χ1) is 18.4. The second kappa shape index (κ2) is 10.2. The minimum Gasteiger partial charge on any atom is -0.376 e. The Morgan fingerprint density at radius 3 is 2.53 bits per heavy atom. The summed E-state index contributed by atoms with van der Waals surface area (Å²) in [5.41, 5.74) is 2.75. The number of nitro benzene ring substituents is 1. The van der Waals surface area contributed by atoms with E-state index in [1.807, 2.05) is 36.4 Å². The van der Waals surface area contributed by atoms with Gasteiger partial charge in [-0.3, -0.25) is 24.6 Å². The number of hydrogen-bond donors (Lipinski definition) is 0. The van der Waals surface area contributed by atoms with E-state index in [0.29, 0.717) is 23.4 Å². The number of nitriles is 1. The Balaban J connectivity index is 1.63. The van der Waals surface area contributed by atoms with Gasteiger partial charge in [0.25, 0.3) is 17.5 Å². The summed E-state index contributed by atoms with van der Waals surface area (Å²) < 4.78 is 7.28. The Hall–Kier alpha value is -4.88. The van der Waals surface area contributed by atoms with E-state index < -0.39 is 16.7 Å². The van der Waals surface area contributed by atoms with Crippen molar-refractivity contribution in [2.24, 2.45) is 0 Å². The molecule has 1 fully saturated rings. The number of aromatic nitrogens is 2. The van der Waals surface area contributed by atoms with E-state index in [4.69, 9.17) is 9.84 Å². The van der Waals surface area contributed by atoms with Crippen molar-refractivity contribution in [2.45, 2.75) is 25.9 Å². The van der Waals surface area contributed by atoms with Crippen molar-refractivity contribution in [3.8, 4) is 23.0 Å². The maximum absolute atomic E-state index is 13.6. The van der Waals surface area contributed by atoms with Crippen molar-refractivity contribution in [2.75, 3.05) is 13.2 Å². The lowest BCUT2D eigenvalue weighted by atomic mass is 9.93. The molecule has 2 aliphatic rings. The molecule has 0 saturated carbocycles. The summed E-state index contributed by atoms with van der Waals surface area (Å²) in [6.07, 6.45) is 4.67. The van der Waals surface area contributed by atoms with Crippen molar-refractivity contribution in [1.82, 2.24) is 14.7 Å². The average molecular weight is 510 g/mol. The lowest BCUT2D eigenvalue weighted by molar-refractivity contribution is -0.384. The first-order valence-electron chi connectivity index (χ1n) is 12.1. The third kappa shape index (κ3) is 4.63. The van der Waals surface area contributed by atoms with Crippen LogP contribution in [0.1, 0.15) is 25.3 Å². The van der Waals surface area contributed by atoms with Gasteiger partial charge in [0.1, 0.15) is 11.6 Å². The molecule has 10 heteroatoms. The number of amides is 2. The molecule has 1 aromatic heterocycles. The van der Waals surface area contributed by atoms with Crippen molar-refractivity contribution in [1.29, 1.82) is 5.26 Å². The number of para-hydroxylation sites is 1. The van der Waals surface area contributed by atoms with Crippen LogP contribution in [0, 0.1) is 21.4 Å². The lowest BCUT2D eigenvalue weighted by Crippen LogP contribution is -2.46. The number of hydrogen-bond acceptors (Lipinski definition) is 7. The first-order valence-corrected chi connectivity index (χ1v) is 12.1. The van der Waals surface area contributed by atoms with Gasteiger partial charge in [-0.1, -0.05) is 18.2 Å². The van der Waals surface area contributed by atoms with Gasteiger partial charge >= 0.3 is 0 Å². The molecule has 1 unspecified atom stereocenters. The van der Waals surface area contributed by atoms with Crippen LogP contribution in [-0.2, 0) is 14.3 Å². The van der Waals surface area contributed by atoms with Crippen molar-refractivity contribution in [3.63, 3.8) is 0 Å². The van der Waals surface area contributed by atoms with Crippen LogP contribution in [0.5, 0.6) is 0 Å². The standard InChI is InChI=1S/C28H23N5O5/c1-18-24(27(34)31(28(35)25(18)15-29)17-23-8-5-13-38-23)14-20-16-32(21-6-3-2-4-7-21)30-26(20)19-9-11-22(12-10-19)33(36)37/h2-4,6-7,9-12,14,16,23H,5,8,13,17H2,1H3/b24-14+. The number of imide groups is 1. The van der Waals surface area contributed by atoms with Gasteiger partial charge in [-0.2, -0.15) is 10.4 Å². The van der Waals surface area contributed by atoms with Crippen molar-refractivity contribution in [3.05, 3.63) is 93.2 Å². The molecule has 2 aliphatic heterocycles. The van der Waals surface area contributed by atoms with Crippen LogP contribution in [0.25, 0.3) is 23.0 Å². The number of benzene rings is 2. The second-order valence-corrected chi connectivity index (χ2v) is 9.04. The summed E-state index contributed by atoms with van der Waals surface area (Å²) in [6, 6.07) is 17.3. The number of nitrogens with zero attached hydrogens (tertiary/aromatic N) is 5. The van der Waals surface area contributed by atoms with E-state index >= 15 is 0 Å². The molecule has 0 N–H and O–H groups in total. The highest BCUT2D eigenvalue weighted by Crippen LogP contribution is 2.32. The average Bonchev–Trinajstić information content (AvgIpc) is 3.60. The molecule has 0 aliphatic carbocycles. The highest BCUT2D eigenvalue weighted by molar-refractivity contribution is 6.19. The molecule has 10 nitrogen and oxygen atoms in total. The maximum Gasteiger partial charge on any atom is 0.271 e. The molecular weight excluding hydrogens is 486 g/mol. The second-order valence-electron chi connectivity index (χ2n) is 9.04. The van der Waals surface area contributed by atoms with Crippen molar-refractivity contribution < 1.29 is 19.2 Å². The maximum atomic E-state index is 13.6. The number of nitro groups is 1. The minimum atomic E-state index is -0.627. The Bertz CT molecular complexity index is 1520. The summed E-state index contributed by atoms with van der Waals surface area (Å²) in [5, 5.41) is 25.6. The quantitative estimate of drug-likeness (QED) is 0.210. The van der Waals surface area contributed by atoms with Crippen LogP contribution in [0.2, 0.25) is 0 Å². The predicted molar refractivity (Wildman–Crippen MR) is 138 cm³/mol. The zero-order valence-electron chi connectivity index (χ0n) is 20.5. The highest BCUT2D eigenvalue weighted by Gasteiger charge is 2.37. The number of non-ortho nitro benzene ring substituents is 1. The third-order valence-corrected chi connectivity index (χ3v) is 6.65. The topological polar surface area (TPSA) is 131 Å². The van der Waals surface area contributed by atoms with Gasteiger partial charge < -0.3 is 4.74 Å². The lowest BCUT2D eigenvalue weighted by Gasteiger charge is -2.29. The molecule has 0 spiro atoms. The number of rotatable bonds is 6. The first kappa shape index (κ1) is 24.8. The number of ether oxygens (including phenoxy) is 1. The van der Waals surface area contributed by atoms with Gasteiger partial charge in [-0.15, -0.1) is 0 Å². The molecule has 2 amide bonds. The third-order valence-electron chi connectivity index (χ3n) is 6.65. The van der Waals surface area contributed by atoms with Gasteiger partial charge in [0.2, 0.25) is 0 Å². The van der Waals surface area contributed by atoms with E-state index in [9.17, 15) is 25.0 Å². The van der Waals surface area contributed by atoms with E-state index in [-0.39, 0.29) is 35.1 Å². The molecule has 5 rings (SSSR count). The largest absolute Gasteiger partial charge is 0.376 e. The molecule has 2 aromatic carbocycles. The molecule has 190 valence electrons. The zero-order valence-corrected chi connectivity index (χ0v) is 20.5. The smallest absolute Gasteiger partial charge is 0.271 e. The van der Waals surface area contributed by atoms with Crippen LogP contribution >= 0.6 is 0 Å². The van der Waals surface area contributed by atoms with E-state index in [2.05, 4.69) is 0 Å². The fraction of sp³-hybridized carbons (Fsp3) is 0.214. The summed E-state index contributed by atoms with van der Waals surface area (Å²) in [4.78, 5) is 38.3. The molecule has 1 saturated heterocycles. The predicted octanol–water partition coefficient (Wildman–Crippen LogP) is 4.22. The molecule has 1 atom stereocenters. The Labute approximate surface area is 218 Å². The van der Waals surface area contributed by atoms with Gasteiger partial charge in [-0.25, -0.2) is 4.68 Å². The van der Waals surface area contributed by atoms with E-state index in [1.54, 1.807) is 36.0 Å². The fourth-order valence-electron chi connectivity index (χ4n) is 4.61. The highest BCUT2D eigenvalue weighted by atomic mass is 16.6. The fourth-order valence-corrected chi connectivity index (χ4v) is 4.61. The van der Waals surface area contributed by atoms with Gasteiger partial charge in [0, 0.05) is 41.6 Å². The molecular formula is C28H23N5O5. The number of carbonyl (C=O) groups is 2. The Kier molecular flexibility index (Phi) is 6.68. The van der Waals surface area contributed by atoms with Crippen LogP contribution in [0.4, 0.5) is 5.69 Å². The summed E-state index contributed by atoms with van der Waals surface area (Å²) in [7, 11) is 0. The summed E-state index contributed by atoms with van der Waals surface area (Å²) >= 11 is 0. The van der Waals surface area contributed by atoms with Gasteiger partial charge in [0.05, 0.1) is 29.0 Å². The summed E-state index contributed by atoms with van der Waals surface area (Å²) in [5.74, 6) is -1.14. The minimum absolute atomic E-state index is 0.0562. The van der Waals surface area contributed by atoms with Crippen LogP contribution < -0.4 is 0 Å². The molecule has 3 aromatic rings. The van der Waals surface area contributed by atoms with Crippen molar-refractivity contribution >= 4 is 23.6 Å². The van der Waals surface area contributed by atoms with Crippen LogP contribution in [0.3, 0.4) is 0 Å². The Morgan fingerprint density at radius 2 is 1.89 bits per heavy atom. The van der Waals surface area contributed by atoms with Crippen LogP contribution in [0.15, 0.2) is 77.5 Å². The SMILES string of the molecule is CC1=C(C#N)C(=O)N(CC2CCCO2)C(=O)/C1=C/c1cn(-c2ccccc2)nc1-c1ccc([N+](=O)[O-])cc1. The van der Waals surface area contributed by atoms with Gasteiger partial charge in [0.15, 0.2) is 0 Å². The molecule has 0 radical (unpaired) electrons. The number of carbonyl (C=O) groups excluding carboxylic acids is 2. The van der Waals surface area contributed by atoms with Gasteiger partial charge in [-0.05, 0) is 55.7 Å². The van der Waals surface area contributed by atoms with E-state index in [0.717, 1.165) is 23.4 Å². The van der Waals surface area contributed by atoms with E-state index in [1.165, 1.54) is 12.1 Å².